The Balaban J connectivity index is 1.90. The highest BCUT2D eigenvalue weighted by molar-refractivity contribution is 7.17. The van der Waals surface area contributed by atoms with Crippen molar-refractivity contribution in [1.82, 2.24) is 15.1 Å². The van der Waals surface area contributed by atoms with E-state index in [1.165, 1.54) is 30.0 Å². The van der Waals surface area contributed by atoms with Crippen LogP contribution >= 0.6 is 11.3 Å². The molecule has 0 aliphatic rings. The second-order valence-electron chi connectivity index (χ2n) is 9.54. The number of nitrogens with two attached hydrogens (primary N) is 1. The summed E-state index contributed by atoms with van der Waals surface area (Å²) >= 11 is 1.56. The lowest BCUT2D eigenvalue weighted by Crippen LogP contribution is -2.56. The van der Waals surface area contributed by atoms with Crippen LogP contribution in [-0.4, -0.2) is 80.0 Å². The van der Waals surface area contributed by atoms with Crippen LogP contribution in [0.15, 0.2) is 53.9 Å². The van der Waals surface area contributed by atoms with Crippen molar-refractivity contribution in [2.24, 2.45) is 5.73 Å². The lowest BCUT2D eigenvalue weighted by Gasteiger charge is -2.34. The van der Waals surface area contributed by atoms with Crippen molar-refractivity contribution in [2.75, 3.05) is 34.4 Å². The highest BCUT2D eigenvalue weighted by atomic mass is 32.1. The van der Waals surface area contributed by atoms with Crippen LogP contribution in [0.4, 0.5) is 4.39 Å². The van der Waals surface area contributed by atoms with Crippen LogP contribution < -0.4 is 11.1 Å². The number of nitrogens with zero attached hydrogens (tertiary/aromatic N) is 2. The Morgan fingerprint density at radius 3 is 2.36 bits per heavy atom. The van der Waals surface area contributed by atoms with Crippen LogP contribution in [0.5, 0.6) is 0 Å². The molecule has 3 rings (SSSR count). The van der Waals surface area contributed by atoms with E-state index in [0.29, 0.717) is 12.0 Å². The fourth-order valence-electron chi connectivity index (χ4n) is 4.31. The number of carbonyl (C=O) groups is 3. The van der Waals surface area contributed by atoms with E-state index < -0.39 is 29.7 Å². The van der Waals surface area contributed by atoms with Crippen LogP contribution in [-0.2, 0) is 32.0 Å². The molecule has 0 aliphatic heterocycles. The molecule has 0 bridgehead atoms. The molecule has 1 aromatic heterocycles. The Labute approximate surface area is 232 Å². The number of hydrogen-bond donors (Lipinski definition) is 2. The number of fused-ring (bicyclic) bond motifs is 1. The minimum absolute atomic E-state index is 0.0155. The van der Waals surface area contributed by atoms with Gasteiger partial charge in [0.25, 0.3) is 0 Å². The van der Waals surface area contributed by atoms with E-state index in [4.69, 9.17) is 10.5 Å². The zero-order valence-corrected chi connectivity index (χ0v) is 23.7. The van der Waals surface area contributed by atoms with Crippen LogP contribution in [0.3, 0.4) is 0 Å². The van der Waals surface area contributed by atoms with Crippen LogP contribution in [0.1, 0.15) is 24.5 Å². The number of carbonyl (C=O) groups excluding carboxylic acids is 3. The number of ether oxygens (including phenoxy) is 1. The molecule has 0 saturated heterocycles. The van der Waals surface area contributed by atoms with Crippen molar-refractivity contribution in [3.63, 3.8) is 0 Å². The first kappa shape index (κ1) is 30.2. The molecule has 0 saturated carbocycles. The SMILES string of the molecule is CCC(N)COCC(=O)N(C)[C@H](Cc1csc2ccccc12)C(=O)N(C)[C@H](Cc1ccccc1F)C(=O)NC. The van der Waals surface area contributed by atoms with Gasteiger partial charge in [0, 0.05) is 44.7 Å². The summed E-state index contributed by atoms with van der Waals surface area (Å²) in [6.45, 7) is 1.93. The molecule has 1 heterocycles. The molecule has 0 fully saturated rings. The fourth-order valence-corrected chi connectivity index (χ4v) is 5.29. The summed E-state index contributed by atoms with van der Waals surface area (Å²) in [7, 11) is 4.54. The van der Waals surface area contributed by atoms with Gasteiger partial charge in [0.2, 0.25) is 17.7 Å². The molecule has 10 heteroatoms. The molecule has 2 aromatic carbocycles. The first-order valence-electron chi connectivity index (χ1n) is 12.9. The van der Waals surface area contributed by atoms with E-state index in [1.54, 1.807) is 36.6 Å². The summed E-state index contributed by atoms with van der Waals surface area (Å²) in [4.78, 5) is 42.7. The predicted octanol–water partition coefficient (Wildman–Crippen LogP) is 2.98. The lowest BCUT2D eigenvalue weighted by molar-refractivity contribution is -0.149. The molecule has 3 atom stereocenters. The van der Waals surface area contributed by atoms with E-state index in [1.807, 2.05) is 36.6 Å². The number of nitrogens with one attached hydrogen (secondary N) is 1. The Kier molecular flexibility index (Phi) is 11.0. The number of thiophene rings is 1. The Hall–Kier alpha value is -3.34. The first-order valence-corrected chi connectivity index (χ1v) is 13.8. The monoisotopic (exact) mass is 556 g/mol. The summed E-state index contributed by atoms with van der Waals surface area (Å²) in [5, 5.41) is 5.56. The van der Waals surface area contributed by atoms with E-state index in [-0.39, 0.29) is 38.0 Å². The highest BCUT2D eigenvalue weighted by Crippen LogP contribution is 2.28. The number of amides is 3. The molecule has 3 N–H and O–H groups in total. The maximum atomic E-state index is 14.5. The third-order valence-electron chi connectivity index (χ3n) is 6.94. The van der Waals surface area contributed by atoms with E-state index in [9.17, 15) is 18.8 Å². The third kappa shape index (κ3) is 7.62. The molecule has 8 nitrogen and oxygen atoms in total. The number of hydrogen-bond acceptors (Lipinski definition) is 6. The van der Waals surface area contributed by atoms with Crippen molar-refractivity contribution < 1.29 is 23.5 Å². The fraction of sp³-hybridized carbons (Fsp3) is 0.414. The minimum atomic E-state index is -0.983. The maximum Gasteiger partial charge on any atom is 0.249 e. The normalized spacial score (nSPS) is 13.5. The van der Waals surface area contributed by atoms with E-state index >= 15 is 0 Å². The van der Waals surface area contributed by atoms with E-state index in [0.717, 1.165) is 15.6 Å². The Morgan fingerprint density at radius 2 is 1.67 bits per heavy atom. The summed E-state index contributed by atoms with van der Waals surface area (Å²) in [5.74, 6) is -1.70. The minimum Gasteiger partial charge on any atom is -0.370 e. The first-order chi connectivity index (χ1) is 18.7. The Bertz CT molecular complexity index is 1280. The smallest absolute Gasteiger partial charge is 0.249 e. The molecule has 3 aromatic rings. The number of likely N-dealkylation sites (N-methyl/N-ethyl adjacent to an activating group) is 3. The molecule has 0 aliphatic carbocycles. The molecule has 39 heavy (non-hydrogen) atoms. The number of rotatable bonds is 13. The lowest BCUT2D eigenvalue weighted by atomic mass is 9.99. The molecular weight excluding hydrogens is 519 g/mol. The molecular formula is C29H37FN4O4S. The number of benzene rings is 2. The highest BCUT2D eigenvalue weighted by Gasteiger charge is 2.35. The van der Waals surface area contributed by atoms with Crippen molar-refractivity contribution >= 4 is 39.1 Å². The predicted molar refractivity (Wildman–Crippen MR) is 152 cm³/mol. The molecule has 210 valence electrons. The van der Waals surface area contributed by atoms with Crippen LogP contribution in [0.2, 0.25) is 0 Å². The Morgan fingerprint density at radius 1 is 1.00 bits per heavy atom. The summed E-state index contributed by atoms with van der Waals surface area (Å²) in [5.41, 5.74) is 7.13. The van der Waals surface area contributed by atoms with Gasteiger partial charge in [0.1, 0.15) is 24.5 Å². The summed E-state index contributed by atoms with van der Waals surface area (Å²) < 4.78 is 21.1. The topological polar surface area (TPSA) is 105 Å². The van der Waals surface area contributed by atoms with Crippen LogP contribution in [0, 0.1) is 5.82 Å². The van der Waals surface area contributed by atoms with Crippen molar-refractivity contribution in [1.29, 1.82) is 0 Å². The van der Waals surface area contributed by atoms with E-state index in [2.05, 4.69) is 5.32 Å². The van der Waals surface area contributed by atoms with Gasteiger partial charge in [-0.3, -0.25) is 14.4 Å². The largest absolute Gasteiger partial charge is 0.370 e. The van der Waals surface area contributed by atoms with Crippen LogP contribution in [0.25, 0.3) is 10.1 Å². The van der Waals surface area contributed by atoms with Gasteiger partial charge in [0.05, 0.1) is 6.61 Å². The average molecular weight is 557 g/mol. The average Bonchev–Trinajstić information content (AvgIpc) is 3.36. The van der Waals surface area contributed by atoms with Gasteiger partial charge in [-0.25, -0.2) is 4.39 Å². The van der Waals surface area contributed by atoms with Crippen molar-refractivity contribution in [3.05, 3.63) is 70.9 Å². The van der Waals surface area contributed by atoms with Gasteiger partial charge >= 0.3 is 0 Å². The van der Waals surface area contributed by atoms with Gasteiger partial charge in [0.15, 0.2) is 0 Å². The van der Waals surface area contributed by atoms with Gasteiger partial charge in [-0.05, 0) is 40.4 Å². The van der Waals surface area contributed by atoms with Gasteiger partial charge < -0.3 is 25.6 Å². The van der Waals surface area contributed by atoms with Crippen molar-refractivity contribution in [2.45, 2.75) is 44.3 Å². The molecule has 0 radical (unpaired) electrons. The molecule has 3 amide bonds. The zero-order valence-electron chi connectivity index (χ0n) is 22.9. The quantitative estimate of drug-likeness (QED) is 0.337. The second-order valence-corrected chi connectivity index (χ2v) is 10.5. The standard InChI is InChI=1S/C29H37FN4O4S/c1-5-21(31)16-38-17-27(35)33(3)25(15-20-18-39-26-13-9-7-11-22(20)26)29(37)34(4)24(28(36)32-2)14-19-10-6-8-12-23(19)30/h6-13,18,21,24-25H,5,14-17,31H2,1-4H3,(H,32,36)/t21?,24-,25-/m1/s1. The number of halogens is 1. The molecule has 0 spiro atoms. The summed E-state index contributed by atoms with van der Waals surface area (Å²) in [6, 6.07) is 11.9. The molecule has 1 unspecified atom stereocenters. The van der Waals surface area contributed by atoms with Gasteiger partial charge in [-0.2, -0.15) is 0 Å². The third-order valence-corrected chi connectivity index (χ3v) is 7.95. The van der Waals surface area contributed by atoms with Gasteiger partial charge in [-0.15, -0.1) is 11.3 Å². The second kappa shape index (κ2) is 14.2. The zero-order chi connectivity index (χ0) is 28.5. The maximum absolute atomic E-state index is 14.5. The van der Waals surface area contributed by atoms with Crippen molar-refractivity contribution in [3.8, 4) is 0 Å². The van der Waals surface area contributed by atoms with Gasteiger partial charge in [-0.1, -0.05) is 43.3 Å². The summed E-state index contributed by atoms with van der Waals surface area (Å²) in [6.07, 6.45) is 0.937.